The van der Waals surface area contributed by atoms with Gasteiger partial charge in [-0.2, -0.15) is 0 Å². The lowest BCUT2D eigenvalue weighted by Crippen LogP contribution is -2.39. The second-order valence-electron chi connectivity index (χ2n) is 5.47. The van der Waals surface area contributed by atoms with Gasteiger partial charge in [0.05, 0.1) is 14.2 Å². The quantitative estimate of drug-likeness (QED) is 0.888. The summed E-state index contributed by atoms with van der Waals surface area (Å²) in [5.41, 5.74) is 6.92. The van der Waals surface area contributed by atoms with Crippen LogP contribution in [-0.4, -0.2) is 43.2 Å². The molecular formula is C15H25N3O2. The Morgan fingerprint density at radius 2 is 2.05 bits per heavy atom. The van der Waals surface area contributed by atoms with E-state index in [1.54, 1.807) is 20.4 Å². The maximum Gasteiger partial charge on any atom is 0.183 e. The number of nitrogens with two attached hydrogens (primary N) is 1. The Hall–Kier alpha value is -1.33. The van der Waals surface area contributed by atoms with E-state index in [0.717, 1.165) is 49.7 Å². The van der Waals surface area contributed by atoms with Crippen molar-refractivity contribution in [1.82, 2.24) is 9.88 Å². The van der Waals surface area contributed by atoms with E-state index in [1.807, 2.05) is 6.07 Å². The van der Waals surface area contributed by atoms with Gasteiger partial charge in [-0.1, -0.05) is 0 Å². The van der Waals surface area contributed by atoms with Crippen LogP contribution in [0.2, 0.25) is 0 Å². The zero-order valence-corrected chi connectivity index (χ0v) is 12.6. The molecule has 1 atom stereocenters. The van der Waals surface area contributed by atoms with Gasteiger partial charge < -0.3 is 15.2 Å². The summed E-state index contributed by atoms with van der Waals surface area (Å²) < 4.78 is 10.7. The highest BCUT2D eigenvalue weighted by Crippen LogP contribution is 2.30. The monoisotopic (exact) mass is 279 g/mol. The lowest BCUT2D eigenvalue weighted by molar-refractivity contribution is 0.162. The SMILES string of the molecule is COc1ccnc(CN2CCC(C(C)N)CC2)c1OC. The lowest BCUT2D eigenvalue weighted by atomic mass is 9.91. The Bertz CT molecular complexity index is 429. The Morgan fingerprint density at radius 3 is 2.60 bits per heavy atom. The van der Waals surface area contributed by atoms with Gasteiger partial charge in [0.1, 0.15) is 5.69 Å². The Morgan fingerprint density at radius 1 is 1.35 bits per heavy atom. The molecular weight excluding hydrogens is 254 g/mol. The molecule has 0 saturated carbocycles. The number of nitrogens with zero attached hydrogens (tertiary/aromatic N) is 2. The molecule has 5 nitrogen and oxygen atoms in total. The first-order valence-electron chi connectivity index (χ1n) is 7.19. The third kappa shape index (κ3) is 3.41. The Balaban J connectivity index is 2.01. The van der Waals surface area contributed by atoms with Crippen LogP contribution in [0.4, 0.5) is 0 Å². The van der Waals surface area contributed by atoms with Crippen LogP contribution in [0, 0.1) is 5.92 Å². The van der Waals surface area contributed by atoms with Crippen molar-refractivity contribution in [2.75, 3.05) is 27.3 Å². The van der Waals surface area contributed by atoms with E-state index in [4.69, 9.17) is 15.2 Å². The zero-order chi connectivity index (χ0) is 14.5. The predicted octanol–water partition coefficient (Wildman–Crippen LogP) is 1.66. The number of rotatable bonds is 5. The van der Waals surface area contributed by atoms with Crippen molar-refractivity contribution >= 4 is 0 Å². The summed E-state index contributed by atoms with van der Waals surface area (Å²) in [5, 5.41) is 0. The number of piperidine rings is 1. The molecule has 1 aliphatic rings. The van der Waals surface area contributed by atoms with Crippen molar-refractivity contribution in [2.45, 2.75) is 32.4 Å². The first-order chi connectivity index (χ1) is 9.65. The van der Waals surface area contributed by atoms with Gasteiger partial charge in [-0.25, -0.2) is 0 Å². The van der Waals surface area contributed by atoms with Crippen molar-refractivity contribution in [3.63, 3.8) is 0 Å². The largest absolute Gasteiger partial charge is 0.493 e. The van der Waals surface area contributed by atoms with Crippen LogP contribution in [-0.2, 0) is 6.54 Å². The fraction of sp³-hybridized carbons (Fsp3) is 0.667. The highest BCUT2D eigenvalue weighted by molar-refractivity contribution is 5.42. The Labute approximate surface area is 121 Å². The van der Waals surface area contributed by atoms with E-state index in [0.29, 0.717) is 12.0 Å². The van der Waals surface area contributed by atoms with Gasteiger partial charge in [-0.05, 0) is 38.8 Å². The number of hydrogen-bond donors (Lipinski definition) is 1. The summed E-state index contributed by atoms with van der Waals surface area (Å²) in [7, 11) is 3.31. The fourth-order valence-electron chi connectivity index (χ4n) is 2.81. The van der Waals surface area contributed by atoms with E-state index in [1.165, 1.54) is 0 Å². The standard InChI is InChI=1S/C15H25N3O2/c1-11(16)12-5-8-18(9-6-12)10-13-15(20-3)14(19-2)4-7-17-13/h4,7,11-12H,5-6,8-10,16H2,1-3H3. The molecule has 0 bridgehead atoms. The number of ether oxygens (including phenoxy) is 2. The topological polar surface area (TPSA) is 60.6 Å². The molecule has 2 N–H and O–H groups in total. The van der Waals surface area contributed by atoms with Crippen molar-refractivity contribution < 1.29 is 9.47 Å². The average molecular weight is 279 g/mol. The fourth-order valence-corrected chi connectivity index (χ4v) is 2.81. The molecule has 2 heterocycles. The summed E-state index contributed by atoms with van der Waals surface area (Å²) >= 11 is 0. The Kier molecular flexibility index (Phi) is 5.20. The summed E-state index contributed by atoms with van der Waals surface area (Å²) in [5.74, 6) is 2.12. The van der Waals surface area contributed by atoms with Crippen LogP contribution in [0.5, 0.6) is 11.5 Å². The van der Waals surface area contributed by atoms with Gasteiger partial charge in [0.2, 0.25) is 0 Å². The van der Waals surface area contributed by atoms with Gasteiger partial charge in [0.25, 0.3) is 0 Å². The van der Waals surface area contributed by atoms with E-state index < -0.39 is 0 Å². The van der Waals surface area contributed by atoms with E-state index in [2.05, 4.69) is 16.8 Å². The number of likely N-dealkylation sites (tertiary alicyclic amines) is 1. The average Bonchev–Trinajstić information content (AvgIpc) is 2.47. The van der Waals surface area contributed by atoms with Crippen LogP contribution in [0.25, 0.3) is 0 Å². The molecule has 5 heteroatoms. The maximum absolute atomic E-state index is 5.98. The van der Waals surface area contributed by atoms with Gasteiger partial charge in [0.15, 0.2) is 11.5 Å². The molecule has 1 aromatic rings. The van der Waals surface area contributed by atoms with Crippen molar-refractivity contribution in [3.8, 4) is 11.5 Å². The van der Waals surface area contributed by atoms with Gasteiger partial charge in [-0.3, -0.25) is 9.88 Å². The molecule has 1 aromatic heterocycles. The molecule has 1 unspecified atom stereocenters. The molecule has 112 valence electrons. The molecule has 0 aromatic carbocycles. The van der Waals surface area contributed by atoms with Crippen LogP contribution in [0.3, 0.4) is 0 Å². The number of pyridine rings is 1. The summed E-state index contributed by atoms with van der Waals surface area (Å²) in [6.07, 6.45) is 4.08. The van der Waals surface area contributed by atoms with Gasteiger partial charge >= 0.3 is 0 Å². The minimum atomic E-state index is 0.293. The van der Waals surface area contributed by atoms with Crippen LogP contribution >= 0.6 is 0 Å². The summed E-state index contributed by atoms with van der Waals surface area (Å²) in [6.45, 7) is 5.03. The van der Waals surface area contributed by atoms with Crippen molar-refractivity contribution in [3.05, 3.63) is 18.0 Å². The summed E-state index contributed by atoms with van der Waals surface area (Å²) in [6, 6.07) is 2.12. The van der Waals surface area contributed by atoms with E-state index in [9.17, 15) is 0 Å². The molecule has 2 rings (SSSR count). The van der Waals surface area contributed by atoms with Crippen LogP contribution < -0.4 is 15.2 Å². The van der Waals surface area contributed by atoms with Crippen LogP contribution in [0.1, 0.15) is 25.5 Å². The number of hydrogen-bond acceptors (Lipinski definition) is 5. The third-order valence-electron chi connectivity index (χ3n) is 4.12. The highest BCUT2D eigenvalue weighted by Gasteiger charge is 2.23. The third-order valence-corrected chi connectivity index (χ3v) is 4.12. The molecule has 1 aliphatic heterocycles. The lowest BCUT2D eigenvalue weighted by Gasteiger charge is -2.33. The smallest absolute Gasteiger partial charge is 0.183 e. The number of aromatic nitrogens is 1. The molecule has 1 fully saturated rings. The molecule has 0 amide bonds. The van der Waals surface area contributed by atoms with Crippen molar-refractivity contribution in [1.29, 1.82) is 0 Å². The second kappa shape index (κ2) is 6.90. The molecule has 0 radical (unpaired) electrons. The first kappa shape index (κ1) is 15.1. The highest BCUT2D eigenvalue weighted by atomic mass is 16.5. The normalized spacial score (nSPS) is 18.8. The van der Waals surface area contributed by atoms with Gasteiger partial charge in [-0.15, -0.1) is 0 Å². The predicted molar refractivity (Wildman–Crippen MR) is 79.0 cm³/mol. The van der Waals surface area contributed by atoms with E-state index in [-0.39, 0.29) is 0 Å². The molecule has 1 saturated heterocycles. The van der Waals surface area contributed by atoms with Crippen molar-refractivity contribution in [2.24, 2.45) is 11.7 Å². The molecule has 0 spiro atoms. The molecule has 0 aliphatic carbocycles. The molecule has 20 heavy (non-hydrogen) atoms. The minimum Gasteiger partial charge on any atom is -0.493 e. The zero-order valence-electron chi connectivity index (χ0n) is 12.6. The number of methoxy groups -OCH3 is 2. The maximum atomic E-state index is 5.98. The van der Waals surface area contributed by atoms with Gasteiger partial charge in [0, 0.05) is 24.8 Å². The summed E-state index contributed by atoms with van der Waals surface area (Å²) in [4.78, 5) is 6.84. The van der Waals surface area contributed by atoms with Crippen LogP contribution in [0.15, 0.2) is 12.3 Å². The minimum absolute atomic E-state index is 0.293. The first-order valence-corrected chi connectivity index (χ1v) is 7.19. The van der Waals surface area contributed by atoms with E-state index >= 15 is 0 Å². The second-order valence-corrected chi connectivity index (χ2v) is 5.47.